The summed E-state index contributed by atoms with van der Waals surface area (Å²) in [5, 5.41) is 8.92. The first kappa shape index (κ1) is 9.21. The van der Waals surface area contributed by atoms with Gasteiger partial charge in [0.2, 0.25) is 0 Å². The fourth-order valence-electron chi connectivity index (χ4n) is 1.93. The van der Waals surface area contributed by atoms with Crippen molar-refractivity contribution in [2.45, 2.75) is 32.4 Å². The van der Waals surface area contributed by atoms with E-state index in [9.17, 15) is 4.79 Å². The lowest BCUT2D eigenvalue weighted by molar-refractivity contribution is 0.0689. The molecule has 1 aliphatic heterocycles. The molecule has 1 aromatic rings. The van der Waals surface area contributed by atoms with E-state index in [1.807, 2.05) is 11.5 Å². The van der Waals surface area contributed by atoms with Gasteiger partial charge in [-0.25, -0.2) is 9.78 Å². The van der Waals surface area contributed by atoms with Crippen LogP contribution in [-0.4, -0.2) is 26.7 Å². The molecule has 0 aromatic carbocycles. The van der Waals surface area contributed by atoms with Crippen molar-refractivity contribution in [1.29, 1.82) is 0 Å². The molecule has 1 unspecified atom stereocenters. The molecule has 0 fully saturated rings. The number of fused-ring (bicyclic) bond motifs is 1. The molecular formula is C9H13N3O2. The Labute approximate surface area is 81.5 Å². The monoisotopic (exact) mass is 195 g/mol. The summed E-state index contributed by atoms with van der Waals surface area (Å²) < 4.78 is 1.95. The Hall–Kier alpha value is -1.36. The van der Waals surface area contributed by atoms with Gasteiger partial charge in [-0.15, -0.1) is 0 Å². The van der Waals surface area contributed by atoms with Crippen LogP contribution in [0.1, 0.15) is 28.4 Å². The Morgan fingerprint density at radius 3 is 3.07 bits per heavy atom. The number of hydrogen-bond acceptors (Lipinski definition) is 3. The molecule has 0 amide bonds. The average molecular weight is 195 g/mol. The van der Waals surface area contributed by atoms with Crippen LogP contribution >= 0.6 is 0 Å². The molecule has 1 aliphatic rings. The molecule has 5 heteroatoms. The zero-order valence-electron chi connectivity index (χ0n) is 8.03. The molecule has 0 saturated heterocycles. The first-order valence-electron chi connectivity index (χ1n) is 4.64. The van der Waals surface area contributed by atoms with E-state index in [0.29, 0.717) is 6.42 Å². The smallest absolute Gasteiger partial charge is 0.356 e. The number of hydrogen-bond donors (Lipinski definition) is 2. The molecule has 0 aliphatic carbocycles. The highest BCUT2D eigenvalue weighted by Gasteiger charge is 2.25. The number of nitrogens with zero attached hydrogens (tertiary/aromatic N) is 2. The Kier molecular flexibility index (Phi) is 2.03. The fraction of sp³-hybridized carbons (Fsp3) is 0.556. The molecule has 0 saturated carbocycles. The van der Waals surface area contributed by atoms with Crippen molar-refractivity contribution in [2.24, 2.45) is 5.73 Å². The second-order valence-electron chi connectivity index (χ2n) is 3.66. The number of nitrogens with two attached hydrogens (primary N) is 1. The second-order valence-corrected chi connectivity index (χ2v) is 3.66. The molecule has 0 spiro atoms. The van der Waals surface area contributed by atoms with Crippen molar-refractivity contribution in [3.05, 3.63) is 17.2 Å². The van der Waals surface area contributed by atoms with Gasteiger partial charge in [0.1, 0.15) is 5.82 Å². The van der Waals surface area contributed by atoms with Crippen LogP contribution in [0.5, 0.6) is 0 Å². The Morgan fingerprint density at radius 2 is 2.43 bits per heavy atom. The Morgan fingerprint density at radius 1 is 1.71 bits per heavy atom. The van der Waals surface area contributed by atoms with Gasteiger partial charge < -0.3 is 15.4 Å². The van der Waals surface area contributed by atoms with E-state index < -0.39 is 5.97 Å². The fourth-order valence-corrected chi connectivity index (χ4v) is 1.93. The van der Waals surface area contributed by atoms with Crippen LogP contribution in [-0.2, 0) is 13.0 Å². The van der Waals surface area contributed by atoms with Crippen LogP contribution in [0, 0.1) is 6.92 Å². The van der Waals surface area contributed by atoms with Crippen molar-refractivity contribution in [3.8, 4) is 0 Å². The molecule has 3 N–H and O–H groups in total. The summed E-state index contributed by atoms with van der Waals surface area (Å²) in [6, 6.07) is 0.0664. The van der Waals surface area contributed by atoms with E-state index in [0.717, 1.165) is 24.5 Å². The molecule has 5 nitrogen and oxygen atoms in total. The van der Waals surface area contributed by atoms with Gasteiger partial charge in [-0.05, 0) is 13.3 Å². The van der Waals surface area contributed by atoms with Crippen molar-refractivity contribution >= 4 is 5.97 Å². The second kappa shape index (κ2) is 3.09. The van der Waals surface area contributed by atoms with E-state index in [4.69, 9.17) is 10.8 Å². The summed E-state index contributed by atoms with van der Waals surface area (Å²) in [5.74, 6) is -0.194. The van der Waals surface area contributed by atoms with Crippen LogP contribution in [0.25, 0.3) is 0 Å². The summed E-state index contributed by atoms with van der Waals surface area (Å²) in [7, 11) is 0. The van der Waals surface area contributed by atoms with Gasteiger partial charge in [0.15, 0.2) is 5.69 Å². The van der Waals surface area contributed by atoms with E-state index in [1.54, 1.807) is 0 Å². The third-order valence-corrected chi connectivity index (χ3v) is 2.65. The minimum absolute atomic E-state index is 0.0664. The van der Waals surface area contributed by atoms with Crippen LogP contribution in [0.15, 0.2) is 0 Å². The zero-order valence-corrected chi connectivity index (χ0v) is 8.03. The number of aromatic nitrogens is 2. The van der Waals surface area contributed by atoms with Crippen LogP contribution in [0.2, 0.25) is 0 Å². The highest BCUT2D eigenvalue weighted by atomic mass is 16.4. The number of rotatable bonds is 1. The van der Waals surface area contributed by atoms with E-state index in [1.165, 1.54) is 0 Å². The maximum atomic E-state index is 10.9. The number of carboxylic acids is 1. The predicted molar refractivity (Wildman–Crippen MR) is 50.2 cm³/mol. The molecule has 1 aromatic heterocycles. The van der Waals surface area contributed by atoms with Gasteiger partial charge in [0, 0.05) is 19.0 Å². The number of aromatic carboxylic acids is 1. The standard InChI is InChI=1S/C9H13N3O2/c1-5-11-8(9(13)14)7-4-6(10)2-3-12(5)7/h6H,2-4,10H2,1H3,(H,13,14). The number of carboxylic acid groups (broad SMARTS) is 1. The molecular weight excluding hydrogens is 182 g/mol. The minimum Gasteiger partial charge on any atom is -0.476 e. The summed E-state index contributed by atoms with van der Waals surface area (Å²) in [6.07, 6.45) is 1.51. The SMILES string of the molecule is Cc1nc(C(=O)O)c2n1CCC(N)C2. The average Bonchev–Trinajstić information content (AvgIpc) is 2.43. The van der Waals surface area contributed by atoms with E-state index in [-0.39, 0.29) is 11.7 Å². The third-order valence-electron chi connectivity index (χ3n) is 2.65. The number of aryl methyl sites for hydroxylation is 1. The first-order chi connectivity index (χ1) is 6.59. The van der Waals surface area contributed by atoms with E-state index in [2.05, 4.69) is 4.98 Å². The summed E-state index contributed by atoms with van der Waals surface area (Å²) in [6.45, 7) is 2.61. The quantitative estimate of drug-likeness (QED) is 0.669. The first-order valence-corrected chi connectivity index (χ1v) is 4.64. The normalized spacial score (nSPS) is 20.6. The van der Waals surface area contributed by atoms with Crippen LogP contribution < -0.4 is 5.73 Å². The summed E-state index contributed by atoms with van der Waals surface area (Å²) in [4.78, 5) is 14.9. The van der Waals surface area contributed by atoms with Gasteiger partial charge in [0.25, 0.3) is 0 Å². The van der Waals surface area contributed by atoms with Crippen molar-refractivity contribution < 1.29 is 9.90 Å². The molecule has 0 radical (unpaired) electrons. The van der Waals surface area contributed by atoms with E-state index >= 15 is 0 Å². The van der Waals surface area contributed by atoms with Crippen LogP contribution in [0.3, 0.4) is 0 Å². The molecule has 14 heavy (non-hydrogen) atoms. The van der Waals surface area contributed by atoms with Gasteiger partial charge >= 0.3 is 5.97 Å². The lowest BCUT2D eigenvalue weighted by Crippen LogP contribution is -2.31. The maximum Gasteiger partial charge on any atom is 0.356 e. The zero-order chi connectivity index (χ0) is 10.3. The van der Waals surface area contributed by atoms with Crippen LogP contribution in [0.4, 0.5) is 0 Å². The largest absolute Gasteiger partial charge is 0.476 e. The lowest BCUT2D eigenvalue weighted by atomic mass is 10.0. The van der Waals surface area contributed by atoms with Crippen molar-refractivity contribution in [2.75, 3.05) is 0 Å². The van der Waals surface area contributed by atoms with Gasteiger partial charge in [-0.2, -0.15) is 0 Å². The lowest BCUT2D eigenvalue weighted by Gasteiger charge is -2.21. The highest BCUT2D eigenvalue weighted by molar-refractivity contribution is 5.87. The Bertz CT molecular complexity index is 384. The molecule has 1 atom stereocenters. The molecule has 2 heterocycles. The Balaban J connectivity index is 2.50. The molecule has 0 bridgehead atoms. The molecule has 2 rings (SSSR count). The summed E-state index contributed by atoms with van der Waals surface area (Å²) in [5.41, 5.74) is 6.73. The van der Waals surface area contributed by atoms with Crippen molar-refractivity contribution in [3.63, 3.8) is 0 Å². The minimum atomic E-state index is -0.962. The number of imidazole rings is 1. The number of carbonyl (C=O) groups is 1. The maximum absolute atomic E-state index is 10.9. The summed E-state index contributed by atoms with van der Waals surface area (Å²) >= 11 is 0. The van der Waals surface area contributed by atoms with Gasteiger partial charge in [0.05, 0.1) is 5.69 Å². The third kappa shape index (κ3) is 1.29. The van der Waals surface area contributed by atoms with Gasteiger partial charge in [-0.3, -0.25) is 0 Å². The topological polar surface area (TPSA) is 81.1 Å². The predicted octanol–water partition coefficient (Wildman–Crippen LogP) is 0.163. The van der Waals surface area contributed by atoms with Gasteiger partial charge in [-0.1, -0.05) is 0 Å². The molecule has 76 valence electrons. The highest BCUT2D eigenvalue weighted by Crippen LogP contribution is 2.19. The van der Waals surface area contributed by atoms with Crippen molar-refractivity contribution in [1.82, 2.24) is 9.55 Å².